The highest BCUT2D eigenvalue weighted by molar-refractivity contribution is 7.10. The van der Waals surface area contributed by atoms with Crippen molar-refractivity contribution in [3.05, 3.63) is 22.4 Å². The predicted molar refractivity (Wildman–Crippen MR) is 69.2 cm³/mol. The van der Waals surface area contributed by atoms with Gasteiger partial charge >= 0.3 is 0 Å². The van der Waals surface area contributed by atoms with Crippen molar-refractivity contribution in [2.24, 2.45) is 0 Å². The van der Waals surface area contributed by atoms with Gasteiger partial charge in [-0.2, -0.15) is 0 Å². The van der Waals surface area contributed by atoms with Crippen LogP contribution in [-0.4, -0.2) is 65.9 Å². The lowest BCUT2D eigenvalue weighted by molar-refractivity contribution is 0.0674. The monoisotopic (exact) mass is 256 g/mol. The normalized spacial score (nSPS) is 20.6. The lowest BCUT2D eigenvalue weighted by atomic mass is 10.2. The fourth-order valence-corrected chi connectivity index (χ4v) is 2.86. The molecule has 2 heterocycles. The minimum Gasteiger partial charge on any atom is -0.395 e. The first kappa shape index (κ1) is 13.0. The molecule has 1 atom stereocenters. The van der Waals surface area contributed by atoms with Crippen LogP contribution in [0.3, 0.4) is 0 Å². The second kappa shape index (κ2) is 6.47. The number of aliphatic hydroxyl groups excluding tert-OH is 2. The molecule has 0 spiro atoms. The SMILES string of the molecule is OCCN1CCN(CC(O)c2cccs2)CC1. The molecule has 0 bridgehead atoms. The Kier molecular flexibility index (Phi) is 4.94. The van der Waals surface area contributed by atoms with E-state index in [1.165, 1.54) is 0 Å². The highest BCUT2D eigenvalue weighted by Gasteiger charge is 2.19. The van der Waals surface area contributed by atoms with E-state index in [1.54, 1.807) is 11.3 Å². The summed E-state index contributed by atoms with van der Waals surface area (Å²) in [6.07, 6.45) is -0.362. The fraction of sp³-hybridized carbons (Fsp3) is 0.667. The summed E-state index contributed by atoms with van der Waals surface area (Å²) in [4.78, 5) is 5.59. The maximum Gasteiger partial charge on any atom is 0.101 e. The lowest BCUT2D eigenvalue weighted by Gasteiger charge is -2.35. The molecule has 0 aliphatic carbocycles. The van der Waals surface area contributed by atoms with Gasteiger partial charge in [0.05, 0.1) is 6.61 Å². The predicted octanol–water partition coefficient (Wildman–Crippen LogP) is 0.391. The number of hydrogen-bond acceptors (Lipinski definition) is 5. The molecule has 2 rings (SSSR count). The van der Waals surface area contributed by atoms with Crippen LogP contribution in [0.2, 0.25) is 0 Å². The van der Waals surface area contributed by atoms with E-state index in [0.29, 0.717) is 6.54 Å². The van der Waals surface area contributed by atoms with Crippen molar-refractivity contribution in [1.29, 1.82) is 0 Å². The van der Waals surface area contributed by atoms with Crippen molar-refractivity contribution < 1.29 is 10.2 Å². The summed E-state index contributed by atoms with van der Waals surface area (Å²) in [6, 6.07) is 3.96. The molecule has 2 N–H and O–H groups in total. The molecule has 1 saturated heterocycles. The number of rotatable bonds is 5. The highest BCUT2D eigenvalue weighted by atomic mass is 32.1. The minimum absolute atomic E-state index is 0.234. The molecule has 1 aliphatic heterocycles. The van der Waals surface area contributed by atoms with Gasteiger partial charge in [0.25, 0.3) is 0 Å². The van der Waals surface area contributed by atoms with Gasteiger partial charge in [-0.1, -0.05) is 6.07 Å². The van der Waals surface area contributed by atoms with Crippen LogP contribution in [0.4, 0.5) is 0 Å². The number of thiophene rings is 1. The third kappa shape index (κ3) is 3.76. The van der Waals surface area contributed by atoms with Crippen LogP contribution in [0.15, 0.2) is 17.5 Å². The fourth-order valence-electron chi connectivity index (χ4n) is 2.15. The van der Waals surface area contributed by atoms with Crippen molar-refractivity contribution in [3.63, 3.8) is 0 Å². The first-order valence-corrected chi connectivity index (χ1v) is 6.94. The van der Waals surface area contributed by atoms with E-state index in [1.807, 2.05) is 17.5 Å². The van der Waals surface area contributed by atoms with Gasteiger partial charge in [0.2, 0.25) is 0 Å². The summed E-state index contributed by atoms with van der Waals surface area (Å²) in [5.41, 5.74) is 0. The first-order chi connectivity index (χ1) is 8.29. The van der Waals surface area contributed by atoms with Crippen LogP contribution in [0, 0.1) is 0 Å². The van der Waals surface area contributed by atoms with Crippen molar-refractivity contribution in [2.45, 2.75) is 6.10 Å². The average Bonchev–Trinajstić information content (AvgIpc) is 2.86. The van der Waals surface area contributed by atoms with Crippen LogP contribution < -0.4 is 0 Å². The molecule has 1 aromatic rings. The van der Waals surface area contributed by atoms with E-state index < -0.39 is 0 Å². The third-order valence-electron chi connectivity index (χ3n) is 3.18. The quantitative estimate of drug-likeness (QED) is 0.800. The van der Waals surface area contributed by atoms with E-state index in [-0.39, 0.29) is 12.7 Å². The van der Waals surface area contributed by atoms with Crippen molar-refractivity contribution in [2.75, 3.05) is 45.9 Å². The summed E-state index contributed by atoms with van der Waals surface area (Å²) in [5, 5.41) is 20.9. The molecule has 96 valence electrons. The molecule has 1 fully saturated rings. The molecule has 5 heteroatoms. The molecular weight excluding hydrogens is 236 g/mol. The molecule has 4 nitrogen and oxygen atoms in total. The minimum atomic E-state index is -0.362. The summed E-state index contributed by atoms with van der Waals surface area (Å²) in [7, 11) is 0. The molecule has 17 heavy (non-hydrogen) atoms. The van der Waals surface area contributed by atoms with Crippen molar-refractivity contribution in [1.82, 2.24) is 9.80 Å². The molecule has 1 aliphatic rings. The summed E-state index contributed by atoms with van der Waals surface area (Å²) in [5.74, 6) is 0. The van der Waals surface area contributed by atoms with Gasteiger partial charge in [-0.25, -0.2) is 0 Å². The van der Waals surface area contributed by atoms with Gasteiger partial charge < -0.3 is 10.2 Å². The van der Waals surface area contributed by atoms with Crippen molar-refractivity contribution in [3.8, 4) is 0 Å². The number of piperazine rings is 1. The Morgan fingerprint density at radius 1 is 1.24 bits per heavy atom. The van der Waals surface area contributed by atoms with Gasteiger partial charge in [0, 0.05) is 44.1 Å². The second-order valence-electron chi connectivity index (χ2n) is 4.40. The van der Waals surface area contributed by atoms with Crippen LogP contribution in [-0.2, 0) is 0 Å². The number of β-amino-alcohol motifs (C(OH)–C–C–N with tert-alkyl or cyclic N) is 2. The van der Waals surface area contributed by atoms with E-state index in [9.17, 15) is 5.11 Å². The molecule has 0 radical (unpaired) electrons. The molecule has 1 unspecified atom stereocenters. The smallest absolute Gasteiger partial charge is 0.101 e. The Bertz CT molecular complexity index is 310. The Morgan fingerprint density at radius 2 is 1.94 bits per heavy atom. The van der Waals surface area contributed by atoms with Gasteiger partial charge in [-0.05, 0) is 11.4 Å². The average molecular weight is 256 g/mol. The molecule has 0 aromatic carbocycles. The largest absolute Gasteiger partial charge is 0.395 e. The summed E-state index contributed by atoms with van der Waals surface area (Å²) >= 11 is 1.61. The summed E-state index contributed by atoms with van der Waals surface area (Å²) in [6.45, 7) is 5.63. The van der Waals surface area contributed by atoms with Gasteiger partial charge in [-0.3, -0.25) is 9.80 Å². The van der Waals surface area contributed by atoms with Crippen LogP contribution in [0.25, 0.3) is 0 Å². The Morgan fingerprint density at radius 3 is 2.53 bits per heavy atom. The van der Waals surface area contributed by atoms with E-state index >= 15 is 0 Å². The first-order valence-electron chi connectivity index (χ1n) is 6.06. The van der Waals surface area contributed by atoms with Crippen LogP contribution in [0.1, 0.15) is 11.0 Å². The zero-order chi connectivity index (χ0) is 12.1. The Labute approximate surface area is 106 Å². The highest BCUT2D eigenvalue weighted by Crippen LogP contribution is 2.20. The van der Waals surface area contributed by atoms with Crippen molar-refractivity contribution >= 4 is 11.3 Å². The van der Waals surface area contributed by atoms with Crippen LogP contribution >= 0.6 is 11.3 Å². The topological polar surface area (TPSA) is 46.9 Å². The van der Waals surface area contributed by atoms with Crippen LogP contribution in [0.5, 0.6) is 0 Å². The molecular formula is C12H20N2O2S. The molecule has 0 amide bonds. The molecule has 1 aromatic heterocycles. The molecule has 0 saturated carbocycles. The van der Waals surface area contributed by atoms with E-state index in [4.69, 9.17) is 5.11 Å². The third-order valence-corrected chi connectivity index (χ3v) is 4.16. The Balaban J connectivity index is 1.74. The second-order valence-corrected chi connectivity index (χ2v) is 5.38. The number of hydrogen-bond donors (Lipinski definition) is 2. The number of nitrogens with zero attached hydrogens (tertiary/aromatic N) is 2. The number of aliphatic hydroxyl groups is 2. The Hall–Kier alpha value is -0.460. The van der Waals surface area contributed by atoms with E-state index in [2.05, 4.69) is 9.80 Å². The maximum atomic E-state index is 10.0. The lowest BCUT2D eigenvalue weighted by Crippen LogP contribution is -2.48. The summed E-state index contributed by atoms with van der Waals surface area (Å²) < 4.78 is 0. The van der Waals surface area contributed by atoms with Gasteiger partial charge in [0.15, 0.2) is 0 Å². The maximum absolute atomic E-state index is 10.0. The zero-order valence-corrected chi connectivity index (χ0v) is 10.8. The van der Waals surface area contributed by atoms with Gasteiger partial charge in [0.1, 0.15) is 6.10 Å². The van der Waals surface area contributed by atoms with Gasteiger partial charge in [-0.15, -0.1) is 11.3 Å². The standard InChI is InChI=1S/C12H20N2O2S/c15-8-7-13-3-5-14(6-4-13)10-11(16)12-2-1-9-17-12/h1-2,9,11,15-16H,3-8,10H2. The van der Waals surface area contributed by atoms with E-state index in [0.717, 1.165) is 37.6 Å². The zero-order valence-electron chi connectivity index (χ0n) is 9.96.